The normalized spacial score (nSPS) is 14.7. The van der Waals surface area contributed by atoms with Gasteiger partial charge in [-0.3, -0.25) is 4.79 Å². The molecule has 144 valence electrons. The molecule has 8 nitrogen and oxygen atoms in total. The SMILES string of the molecule is CCOC(=O)c1ccc(C(=O)NS(=O)(=O)N(C)C)c(N(C)C2CCC2)c1. The van der Waals surface area contributed by atoms with E-state index in [0.717, 1.165) is 23.6 Å². The van der Waals surface area contributed by atoms with Crippen LogP contribution >= 0.6 is 0 Å². The zero-order valence-electron chi connectivity index (χ0n) is 15.5. The minimum Gasteiger partial charge on any atom is -0.462 e. The Kier molecular flexibility index (Phi) is 6.25. The van der Waals surface area contributed by atoms with E-state index in [-0.39, 0.29) is 18.2 Å². The Morgan fingerprint density at radius 3 is 2.38 bits per heavy atom. The maximum atomic E-state index is 12.6. The number of hydrogen-bond acceptors (Lipinski definition) is 6. The van der Waals surface area contributed by atoms with Crippen molar-refractivity contribution in [3.63, 3.8) is 0 Å². The van der Waals surface area contributed by atoms with Crippen LogP contribution in [0.1, 0.15) is 46.9 Å². The van der Waals surface area contributed by atoms with E-state index >= 15 is 0 Å². The number of anilines is 1. The van der Waals surface area contributed by atoms with E-state index in [0.29, 0.717) is 11.3 Å². The van der Waals surface area contributed by atoms with Gasteiger partial charge >= 0.3 is 16.2 Å². The summed E-state index contributed by atoms with van der Waals surface area (Å²) in [7, 11) is 0.596. The fourth-order valence-corrected chi connectivity index (χ4v) is 3.12. The Labute approximate surface area is 154 Å². The molecule has 0 atom stereocenters. The van der Waals surface area contributed by atoms with Crippen molar-refractivity contribution in [3.05, 3.63) is 29.3 Å². The average molecular weight is 383 g/mol. The molecule has 0 spiro atoms. The Morgan fingerprint density at radius 1 is 1.23 bits per heavy atom. The third-order valence-electron chi connectivity index (χ3n) is 4.46. The van der Waals surface area contributed by atoms with Crippen LogP contribution in [0.5, 0.6) is 0 Å². The van der Waals surface area contributed by atoms with Gasteiger partial charge in [-0.15, -0.1) is 0 Å². The standard InChI is InChI=1S/C17H25N3O5S/c1-5-25-17(22)12-9-10-14(16(21)18-26(23,24)19(2)3)15(11-12)20(4)13-7-6-8-13/h9-11,13H,5-8H2,1-4H3,(H,18,21). The number of rotatable bonds is 7. The van der Waals surface area contributed by atoms with Crippen molar-refractivity contribution < 1.29 is 22.7 Å². The molecule has 1 fully saturated rings. The van der Waals surface area contributed by atoms with Crippen LogP contribution in [0.15, 0.2) is 18.2 Å². The largest absolute Gasteiger partial charge is 0.462 e. The molecule has 0 bridgehead atoms. The molecular weight excluding hydrogens is 358 g/mol. The van der Waals surface area contributed by atoms with Gasteiger partial charge in [0.1, 0.15) is 0 Å². The molecule has 0 heterocycles. The van der Waals surface area contributed by atoms with Gasteiger partial charge in [0.05, 0.1) is 23.4 Å². The summed E-state index contributed by atoms with van der Waals surface area (Å²) in [6.45, 7) is 1.96. The average Bonchev–Trinajstić information content (AvgIpc) is 2.52. The van der Waals surface area contributed by atoms with Crippen molar-refractivity contribution in [1.82, 2.24) is 9.03 Å². The Bertz CT molecular complexity index is 788. The van der Waals surface area contributed by atoms with Crippen LogP contribution in [0, 0.1) is 0 Å². The van der Waals surface area contributed by atoms with Gasteiger partial charge in [0.15, 0.2) is 0 Å². The second-order valence-electron chi connectivity index (χ2n) is 6.37. The molecule has 1 saturated carbocycles. The number of amides is 1. The van der Waals surface area contributed by atoms with Crippen molar-refractivity contribution >= 4 is 27.8 Å². The predicted octanol–water partition coefficient (Wildman–Crippen LogP) is 1.39. The van der Waals surface area contributed by atoms with Crippen LogP contribution in [-0.4, -0.2) is 58.4 Å². The quantitative estimate of drug-likeness (QED) is 0.715. The molecule has 0 saturated heterocycles. The van der Waals surface area contributed by atoms with Crippen molar-refractivity contribution in [2.45, 2.75) is 32.2 Å². The molecule has 1 aliphatic rings. The fraction of sp³-hybridized carbons (Fsp3) is 0.529. The van der Waals surface area contributed by atoms with E-state index in [1.165, 1.54) is 26.2 Å². The maximum absolute atomic E-state index is 12.6. The van der Waals surface area contributed by atoms with Gasteiger partial charge in [0, 0.05) is 27.2 Å². The zero-order chi connectivity index (χ0) is 19.5. The third kappa shape index (κ3) is 4.34. The molecule has 0 radical (unpaired) electrons. The van der Waals surface area contributed by atoms with Gasteiger partial charge < -0.3 is 9.64 Å². The third-order valence-corrected chi connectivity index (χ3v) is 5.86. The molecule has 0 aliphatic heterocycles. The topological polar surface area (TPSA) is 96.0 Å². The van der Waals surface area contributed by atoms with Crippen molar-refractivity contribution in [2.75, 3.05) is 32.6 Å². The van der Waals surface area contributed by atoms with Crippen LogP contribution in [0.2, 0.25) is 0 Å². The first-order chi connectivity index (χ1) is 12.2. The summed E-state index contributed by atoms with van der Waals surface area (Å²) in [4.78, 5) is 26.5. The highest BCUT2D eigenvalue weighted by molar-refractivity contribution is 7.87. The van der Waals surface area contributed by atoms with Gasteiger partial charge in [-0.1, -0.05) is 0 Å². The van der Waals surface area contributed by atoms with Crippen LogP contribution in [0.4, 0.5) is 5.69 Å². The lowest BCUT2D eigenvalue weighted by Gasteiger charge is -2.37. The highest BCUT2D eigenvalue weighted by Crippen LogP contribution is 2.31. The van der Waals surface area contributed by atoms with Crippen LogP contribution in [0.25, 0.3) is 0 Å². The number of carbonyl (C=O) groups excluding carboxylic acids is 2. The summed E-state index contributed by atoms with van der Waals surface area (Å²) in [5.74, 6) is -1.22. The van der Waals surface area contributed by atoms with Gasteiger partial charge in [0.25, 0.3) is 5.91 Å². The number of nitrogens with one attached hydrogen (secondary N) is 1. The first-order valence-corrected chi connectivity index (χ1v) is 9.90. The number of hydrogen-bond donors (Lipinski definition) is 1. The number of ether oxygens (including phenoxy) is 1. The molecule has 1 aromatic rings. The lowest BCUT2D eigenvalue weighted by atomic mass is 9.91. The number of nitrogens with zero attached hydrogens (tertiary/aromatic N) is 2. The van der Waals surface area contributed by atoms with Gasteiger partial charge in [-0.05, 0) is 44.4 Å². The second-order valence-corrected chi connectivity index (χ2v) is 8.25. The Balaban J connectivity index is 2.40. The molecule has 2 rings (SSSR count). The summed E-state index contributed by atoms with van der Waals surface area (Å²) in [5.41, 5.74) is 1.02. The zero-order valence-corrected chi connectivity index (χ0v) is 16.3. The second kappa shape index (κ2) is 8.05. The molecule has 26 heavy (non-hydrogen) atoms. The minimum absolute atomic E-state index is 0.192. The lowest BCUT2D eigenvalue weighted by Crippen LogP contribution is -2.41. The van der Waals surface area contributed by atoms with E-state index in [1.807, 2.05) is 16.7 Å². The van der Waals surface area contributed by atoms with Crippen molar-refractivity contribution in [3.8, 4) is 0 Å². The molecule has 1 aromatic carbocycles. The summed E-state index contributed by atoms with van der Waals surface area (Å²) in [6, 6.07) is 4.75. The maximum Gasteiger partial charge on any atom is 0.338 e. The van der Waals surface area contributed by atoms with E-state index < -0.39 is 22.1 Å². The number of carbonyl (C=O) groups is 2. The molecule has 1 N–H and O–H groups in total. The Hall–Kier alpha value is -2.13. The van der Waals surface area contributed by atoms with Crippen LogP contribution in [0.3, 0.4) is 0 Å². The number of esters is 1. The number of benzene rings is 1. The summed E-state index contributed by atoms with van der Waals surface area (Å²) < 4.78 is 31.9. The van der Waals surface area contributed by atoms with Crippen LogP contribution in [-0.2, 0) is 14.9 Å². The van der Waals surface area contributed by atoms with E-state index in [9.17, 15) is 18.0 Å². The smallest absolute Gasteiger partial charge is 0.338 e. The van der Waals surface area contributed by atoms with Crippen molar-refractivity contribution in [2.24, 2.45) is 0 Å². The van der Waals surface area contributed by atoms with E-state index in [1.54, 1.807) is 13.0 Å². The lowest BCUT2D eigenvalue weighted by molar-refractivity contribution is 0.0526. The molecular formula is C17H25N3O5S. The molecule has 1 amide bonds. The molecule has 1 aliphatic carbocycles. The highest BCUT2D eigenvalue weighted by Gasteiger charge is 2.28. The first kappa shape index (κ1) is 20.2. The summed E-state index contributed by atoms with van der Waals surface area (Å²) in [6.07, 6.45) is 3.07. The van der Waals surface area contributed by atoms with Gasteiger partial charge in [-0.2, -0.15) is 12.7 Å². The van der Waals surface area contributed by atoms with E-state index in [4.69, 9.17) is 4.74 Å². The fourth-order valence-electron chi connectivity index (χ4n) is 2.59. The summed E-state index contributed by atoms with van der Waals surface area (Å²) >= 11 is 0. The highest BCUT2D eigenvalue weighted by atomic mass is 32.2. The minimum atomic E-state index is -3.91. The Morgan fingerprint density at radius 2 is 1.88 bits per heavy atom. The van der Waals surface area contributed by atoms with Crippen molar-refractivity contribution in [1.29, 1.82) is 0 Å². The predicted molar refractivity (Wildman–Crippen MR) is 98.5 cm³/mol. The molecule has 0 unspecified atom stereocenters. The van der Waals surface area contributed by atoms with E-state index in [2.05, 4.69) is 0 Å². The summed E-state index contributed by atoms with van der Waals surface area (Å²) in [5, 5.41) is 0. The molecule has 9 heteroatoms. The van der Waals surface area contributed by atoms with Gasteiger partial charge in [-0.25, -0.2) is 9.52 Å². The molecule has 0 aromatic heterocycles. The van der Waals surface area contributed by atoms with Crippen LogP contribution < -0.4 is 9.62 Å². The monoisotopic (exact) mass is 383 g/mol. The van der Waals surface area contributed by atoms with Gasteiger partial charge in [0.2, 0.25) is 0 Å². The first-order valence-electron chi connectivity index (χ1n) is 8.46.